The van der Waals surface area contributed by atoms with E-state index in [1.807, 2.05) is 28.8 Å². The molecule has 0 aliphatic carbocycles. The number of thioether (sulfide) groups is 1. The van der Waals surface area contributed by atoms with Crippen LogP contribution in [0.2, 0.25) is 0 Å². The van der Waals surface area contributed by atoms with Gasteiger partial charge < -0.3 is 10.6 Å². The Hall–Kier alpha value is -1.20. The highest BCUT2D eigenvalue weighted by Crippen LogP contribution is 2.22. The minimum absolute atomic E-state index is 0.0158. The monoisotopic (exact) mass is 297 g/mol. The van der Waals surface area contributed by atoms with E-state index in [1.165, 1.54) is 0 Å². The molecule has 1 heterocycles. The number of amidine groups is 1. The summed E-state index contributed by atoms with van der Waals surface area (Å²) in [6.45, 7) is 1.57. The van der Waals surface area contributed by atoms with Crippen LogP contribution in [0.1, 0.15) is 10.4 Å². The van der Waals surface area contributed by atoms with Crippen LogP contribution in [-0.4, -0.2) is 47.1 Å². The van der Waals surface area contributed by atoms with Crippen LogP contribution >= 0.6 is 23.4 Å². The summed E-state index contributed by atoms with van der Waals surface area (Å²) in [5.74, 6) is 2.46. The summed E-state index contributed by atoms with van der Waals surface area (Å²) < 4.78 is 0. The van der Waals surface area contributed by atoms with Crippen molar-refractivity contribution in [3.8, 4) is 0 Å². The largest absolute Gasteiger partial charge is 0.386 e. The van der Waals surface area contributed by atoms with Crippen LogP contribution in [0.4, 0.5) is 5.69 Å². The Bertz CT molecular complexity index is 487. The normalized spacial score (nSPS) is 16.5. The fourth-order valence-electron chi connectivity index (χ4n) is 1.87. The van der Waals surface area contributed by atoms with E-state index in [1.54, 1.807) is 12.1 Å². The first kappa shape index (κ1) is 14.2. The first-order chi connectivity index (χ1) is 9.22. The topological polar surface area (TPSA) is 58.7 Å². The molecule has 19 heavy (non-hydrogen) atoms. The molecule has 1 aromatic carbocycles. The maximum absolute atomic E-state index is 12.5. The molecule has 2 N–H and O–H groups in total. The van der Waals surface area contributed by atoms with Crippen molar-refractivity contribution in [2.45, 2.75) is 0 Å². The van der Waals surface area contributed by atoms with Crippen LogP contribution in [0.15, 0.2) is 29.3 Å². The molecule has 0 atom stereocenters. The number of hydrogen-bond donors (Lipinski definition) is 1. The number of carbonyl (C=O) groups excluding carboxylic acids is 1. The molecule has 1 aromatic rings. The van der Waals surface area contributed by atoms with Crippen molar-refractivity contribution in [3.63, 3.8) is 0 Å². The van der Waals surface area contributed by atoms with Crippen molar-refractivity contribution in [2.75, 3.05) is 30.5 Å². The second-order valence-electron chi connectivity index (χ2n) is 4.16. The van der Waals surface area contributed by atoms with Crippen LogP contribution in [0.5, 0.6) is 0 Å². The van der Waals surface area contributed by atoms with E-state index in [9.17, 15) is 4.79 Å². The third-order valence-electron chi connectivity index (χ3n) is 2.83. The van der Waals surface area contributed by atoms with E-state index in [0.29, 0.717) is 17.1 Å². The van der Waals surface area contributed by atoms with Gasteiger partial charge in [0.15, 0.2) is 0 Å². The van der Waals surface area contributed by atoms with Gasteiger partial charge in [-0.05, 0) is 12.1 Å². The van der Waals surface area contributed by atoms with Crippen molar-refractivity contribution in [1.29, 1.82) is 0 Å². The van der Waals surface area contributed by atoms with Crippen molar-refractivity contribution >= 4 is 40.8 Å². The Balaban J connectivity index is 2.26. The highest BCUT2D eigenvalue weighted by Gasteiger charge is 2.20. The molecule has 0 aromatic heterocycles. The maximum atomic E-state index is 12.5. The number of halogens is 1. The summed E-state index contributed by atoms with van der Waals surface area (Å²) in [5.41, 5.74) is 6.81. The Morgan fingerprint density at radius 2 is 2.05 bits per heavy atom. The zero-order valence-corrected chi connectivity index (χ0v) is 12.1. The molecule has 1 amide bonds. The molecule has 1 fully saturated rings. The van der Waals surface area contributed by atoms with Crippen LogP contribution in [-0.2, 0) is 0 Å². The quantitative estimate of drug-likeness (QED) is 0.528. The first-order valence-corrected chi connectivity index (χ1v) is 7.76. The van der Waals surface area contributed by atoms with Gasteiger partial charge in [0.2, 0.25) is 0 Å². The molecule has 1 saturated heterocycles. The number of amides is 1. The van der Waals surface area contributed by atoms with Gasteiger partial charge in [-0.15, -0.1) is 11.6 Å². The molecular formula is C13H16ClN3OS. The smallest absolute Gasteiger partial charge is 0.256 e. The zero-order chi connectivity index (χ0) is 13.7. The van der Waals surface area contributed by atoms with Crippen molar-refractivity contribution in [1.82, 2.24) is 4.90 Å². The number of rotatable bonds is 3. The van der Waals surface area contributed by atoms with Crippen molar-refractivity contribution < 1.29 is 4.79 Å². The van der Waals surface area contributed by atoms with Gasteiger partial charge in [0.1, 0.15) is 5.84 Å². The van der Waals surface area contributed by atoms with E-state index in [0.717, 1.165) is 24.6 Å². The molecule has 0 unspecified atom stereocenters. The van der Waals surface area contributed by atoms with Gasteiger partial charge in [-0.2, -0.15) is 11.8 Å². The Labute approximate surface area is 122 Å². The number of hydrogen-bond acceptors (Lipinski definition) is 3. The SMILES string of the molecule is NC(CCl)=Nc1ccccc1C(=O)N1CCSCC1. The van der Waals surface area contributed by atoms with E-state index in [4.69, 9.17) is 17.3 Å². The van der Waals surface area contributed by atoms with Gasteiger partial charge in [-0.25, -0.2) is 4.99 Å². The molecule has 1 aliphatic heterocycles. The molecule has 2 rings (SSSR count). The van der Waals surface area contributed by atoms with Crippen LogP contribution in [0.25, 0.3) is 0 Å². The van der Waals surface area contributed by atoms with Gasteiger partial charge in [0, 0.05) is 24.6 Å². The third kappa shape index (κ3) is 3.64. The molecule has 0 spiro atoms. The highest BCUT2D eigenvalue weighted by atomic mass is 35.5. The van der Waals surface area contributed by atoms with Gasteiger partial charge in [0.05, 0.1) is 17.1 Å². The summed E-state index contributed by atoms with van der Waals surface area (Å²) in [7, 11) is 0. The molecule has 102 valence electrons. The minimum Gasteiger partial charge on any atom is -0.386 e. The number of benzene rings is 1. The predicted molar refractivity (Wildman–Crippen MR) is 81.7 cm³/mol. The van der Waals surface area contributed by atoms with Crippen molar-refractivity contribution in [2.24, 2.45) is 10.7 Å². The molecule has 1 aliphatic rings. The first-order valence-electron chi connectivity index (χ1n) is 6.07. The minimum atomic E-state index is 0.0158. The predicted octanol–water partition coefficient (Wildman–Crippen LogP) is 2.10. The maximum Gasteiger partial charge on any atom is 0.256 e. The number of alkyl halides is 1. The lowest BCUT2D eigenvalue weighted by molar-refractivity contribution is 0.0773. The summed E-state index contributed by atoms with van der Waals surface area (Å²) in [6.07, 6.45) is 0. The standard InChI is InChI=1S/C13H16ClN3OS/c14-9-12(15)16-11-4-2-1-3-10(11)13(18)17-5-7-19-8-6-17/h1-4H,5-9H2,(H2,15,16). The molecule has 0 bridgehead atoms. The fourth-order valence-corrected chi connectivity index (χ4v) is 2.84. The van der Waals surface area contributed by atoms with Crippen molar-refractivity contribution in [3.05, 3.63) is 29.8 Å². The number of nitrogens with two attached hydrogens (primary N) is 1. The van der Waals surface area contributed by atoms with Gasteiger partial charge >= 0.3 is 0 Å². The average Bonchev–Trinajstić information content (AvgIpc) is 2.48. The Morgan fingerprint density at radius 3 is 2.74 bits per heavy atom. The average molecular weight is 298 g/mol. The molecular weight excluding hydrogens is 282 g/mol. The lowest BCUT2D eigenvalue weighted by Gasteiger charge is -2.26. The van der Waals surface area contributed by atoms with E-state index in [2.05, 4.69) is 4.99 Å². The number of aliphatic imine (C=N–C) groups is 1. The lowest BCUT2D eigenvalue weighted by atomic mass is 10.1. The second kappa shape index (κ2) is 6.82. The van der Waals surface area contributed by atoms with Crippen LogP contribution < -0.4 is 5.73 Å². The number of para-hydroxylation sites is 1. The van der Waals surface area contributed by atoms with Crippen LogP contribution in [0.3, 0.4) is 0 Å². The van der Waals surface area contributed by atoms with Gasteiger partial charge in [0.25, 0.3) is 5.91 Å². The summed E-state index contributed by atoms with van der Waals surface area (Å²) in [6, 6.07) is 7.24. The van der Waals surface area contributed by atoms with Gasteiger partial charge in [-0.1, -0.05) is 12.1 Å². The third-order valence-corrected chi connectivity index (χ3v) is 4.05. The van der Waals surface area contributed by atoms with Gasteiger partial charge in [-0.3, -0.25) is 4.79 Å². The Kier molecular flexibility index (Phi) is 5.10. The number of carbonyl (C=O) groups is 1. The summed E-state index contributed by atoms with van der Waals surface area (Å²) in [4.78, 5) is 18.5. The molecule has 0 radical (unpaired) electrons. The van der Waals surface area contributed by atoms with Crippen LogP contribution in [0, 0.1) is 0 Å². The second-order valence-corrected chi connectivity index (χ2v) is 5.65. The number of nitrogens with zero attached hydrogens (tertiary/aromatic N) is 2. The fraction of sp³-hybridized carbons (Fsp3) is 0.385. The molecule has 0 saturated carbocycles. The van der Waals surface area contributed by atoms with E-state index >= 15 is 0 Å². The summed E-state index contributed by atoms with van der Waals surface area (Å²) >= 11 is 7.50. The highest BCUT2D eigenvalue weighted by molar-refractivity contribution is 7.99. The van der Waals surface area contributed by atoms with E-state index < -0.39 is 0 Å². The Morgan fingerprint density at radius 1 is 1.37 bits per heavy atom. The van der Waals surface area contributed by atoms with E-state index in [-0.39, 0.29) is 11.8 Å². The molecule has 6 heteroatoms. The zero-order valence-electron chi connectivity index (χ0n) is 10.5. The summed E-state index contributed by atoms with van der Waals surface area (Å²) in [5, 5.41) is 0. The molecule has 4 nitrogen and oxygen atoms in total. The lowest BCUT2D eigenvalue weighted by Crippen LogP contribution is -2.37.